The van der Waals surface area contributed by atoms with Crippen molar-refractivity contribution in [3.63, 3.8) is 0 Å². The monoisotopic (exact) mass is 381 g/mol. The van der Waals surface area contributed by atoms with Crippen LogP contribution >= 0.6 is 0 Å². The van der Waals surface area contributed by atoms with Crippen LogP contribution in [0.15, 0.2) is 64.5 Å². The minimum atomic E-state index is -3.58. The summed E-state index contributed by atoms with van der Waals surface area (Å²) in [5, 5.41) is 4.28. The van der Waals surface area contributed by atoms with Crippen molar-refractivity contribution in [1.29, 1.82) is 0 Å². The van der Waals surface area contributed by atoms with Gasteiger partial charge >= 0.3 is 0 Å². The summed E-state index contributed by atoms with van der Waals surface area (Å²) in [4.78, 5) is 7.38. The van der Waals surface area contributed by atoms with Crippen molar-refractivity contribution in [2.75, 3.05) is 24.5 Å². The summed E-state index contributed by atoms with van der Waals surface area (Å²) in [5.74, 6) is 0. The molecule has 1 aromatic heterocycles. The van der Waals surface area contributed by atoms with E-state index in [4.69, 9.17) is 0 Å². The lowest BCUT2D eigenvalue weighted by Crippen LogP contribution is -2.49. The number of rotatable bonds is 3. The Kier molecular flexibility index (Phi) is 4.61. The van der Waals surface area contributed by atoms with Crippen LogP contribution in [-0.2, 0) is 9.84 Å². The maximum absolute atomic E-state index is 13.0. The van der Waals surface area contributed by atoms with Crippen LogP contribution in [-0.4, -0.2) is 39.1 Å². The molecule has 5 nitrogen and oxygen atoms in total. The molecule has 0 saturated carbocycles. The van der Waals surface area contributed by atoms with Crippen molar-refractivity contribution in [1.82, 2.24) is 10.3 Å². The first-order chi connectivity index (χ1) is 12.9. The third-order valence-corrected chi connectivity index (χ3v) is 6.75. The number of piperazine rings is 1. The molecule has 1 fully saturated rings. The van der Waals surface area contributed by atoms with Gasteiger partial charge in [-0.25, -0.2) is 8.42 Å². The van der Waals surface area contributed by atoms with Gasteiger partial charge < -0.3 is 10.2 Å². The highest BCUT2D eigenvalue weighted by atomic mass is 32.2. The second-order valence-corrected chi connectivity index (χ2v) is 9.09. The van der Waals surface area contributed by atoms with E-state index in [0.717, 1.165) is 41.8 Å². The van der Waals surface area contributed by atoms with Crippen LogP contribution in [0.5, 0.6) is 0 Å². The van der Waals surface area contributed by atoms with E-state index in [0.29, 0.717) is 10.9 Å². The predicted molar refractivity (Wildman–Crippen MR) is 108 cm³/mol. The molecule has 0 radical (unpaired) electrons. The SMILES string of the molecule is Cc1ccc(S(=O)(=O)c2cnc3c(N4CCNC(C)C4)cccc3c2)cc1. The molecule has 1 aliphatic heterocycles. The van der Waals surface area contributed by atoms with Crippen LogP contribution < -0.4 is 10.2 Å². The molecule has 1 N–H and O–H groups in total. The van der Waals surface area contributed by atoms with Crippen molar-refractivity contribution in [2.24, 2.45) is 0 Å². The number of aryl methyl sites for hydroxylation is 1. The fraction of sp³-hybridized carbons (Fsp3) is 0.286. The molecule has 2 heterocycles. The molecule has 1 saturated heterocycles. The number of sulfone groups is 1. The standard InChI is InChI=1S/C21H23N3O2S/c1-15-6-8-18(9-7-15)27(25,26)19-12-17-4-3-5-20(21(17)23-13-19)24-11-10-22-16(2)14-24/h3-9,12-13,16,22H,10-11,14H2,1-2H3. The third-order valence-electron chi connectivity index (χ3n) is 5.02. The number of nitrogens with one attached hydrogen (secondary N) is 1. The molecule has 4 rings (SSSR count). The molecule has 2 aromatic carbocycles. The lowest BCUT2D eigenvalue weighted by Gasteiger charge is -2.34. The number of para-hydroxylation sites is 1. The van der Waals surface area contributed by atoms with E-state index in [9.17, 15) is 8.42 Å². The number of pyridine rings is 1. The zero-order valence-electron chi connectivity index (χ0n) is 15.5. The number of fused-ring (bicyclic) bond motifs is 1. The lowest BCUT2D eigenvalue weighted by atomic mass is 10.1. The summed E-state index contributed by atoms with van der Waals surface area (Å²) in [6.07, 6.45) is 1.48. The Morgan fingerprint density at radius 3 is 2.63 bits per heavy atom. The van der Waals surface area contributed by atoms with Crippen LogP contribution in [0.1, 0.15) is 12.5 Å². The first-order valence-corrected chi connectivity index (χ1v) is 10.6. The Bertz CT molecular complexity index is 1080. The molecule has 1 atom stereocenters. The largest absolute Gasteiger partial charge is 0.367 e. The van der Waals surface area contributed by atoms with Gasteiger partial charge in [-0.15, -0.1) is 0 Å². The van der Waals surface area contributed by atoms with Crippen molar-refractivity contribution >= 4 is 26.4 Å². The summed E-state index contributed by atoms with van der Waals surface area (Å²) in [5.41, 5.74) is 2.93. The number of nitrogens with zero attached hydrogens (tertiary/aromatic N) is 2. The maximum atomic E-state index is 13.0. The average molecular weight is 382 g/mol. The molecular weight excluding hydrogens is 358 g/mol. The van der Waals surface area contributed by atoms with Crippen LogP contribution in [0, 0.1) is 6.92 Å². The van der Waals surface area contributed by atoms with Crippen molar-refractivity contribution < 1.29 is 8.42 Å². The Morgan fingerprint density at radius 2 is 1.89 bits per heavy atom. The normalized spacial score (nSPS) is 18.0. The van der Waals surface area contributed by atoms with Gasteiger partial charge in [-0.3, -0.25) is 4.98 Å². The van der Waals surface area contributed by atoms with Crippen molar-refractivity contribution in [2.45, 2.75) is 29.7 Å². The maximum Gasteiger partial charge on any atom is 0.208 e. The quantitative estimate of drug-likeness (QED) is 0.755. The summed E-state index contributed by atoms with van der Waals surface area (Å²) in [6, 6.07) is 15.0. The van der Waals surface area contributed by atoms with Gasteiger partial charge in [0, 0.05) is 37.3 Å². The van der Waals surface area contributed by atoms with E-state index in [-0.39, 0.29) is 4.90 Å². The molecule has 0 bridgehead atoms. The molecule has 6 heteroatoms. The summed E-state index contributed by atoms with van der Waals surface area (Å²) in [7, 11) is -3.58. The first-order valence-electron chi connectivity index (χ1n) is 9.14. The number of aromatic nitrogens is 1. The fourth-order valence-corrected chi connectivity index (χ4v) is 4.77. The third kappa shape index (κ3) is 3.42. The Hall–Kier alpha value is -2.44. The van der Waals surface area contributed by atoms with Gasteiger partial charge in [0.15, 0.2) is 0 Å². The van der Waals surface area contributed by atoms with E-state index in [1.54, 1.807) is 18.2 Å². The molecule has 27 heavy (non-hydrogen) atoms. The highest BCUT2D eigenvalue weighted by Crippen LogP contribution is 2.29. The Labute approximate surface area is 160 Å². The van der Waals surface area contributed by atoms with Crippen LogP contribution in [0.4, 0.5) is 5.69 Å². The predicted octanol–water partition coefficient (Wildman–Crippen LogP) is 3.17. The van der Waals surface area contributed by atoms with Gasteiger partial charge in [0.2, 0.25) is 9.84 Å². The molecular formula is C21H23N3O2S. The van der Waals surface area contributed by atoms with Crippen LogP contribution in [0.25, 0.3) is 10.9 Å². The molecule has 1 aliphatic rings. The van der Waals surface area contributed by atoms with Gasteiger partial charge in [0.25, 0.3) is 0 Å². The average Bonchev–Trinajstić information content (AvgIpc) is 2.67. The van der Waals surface area contributed by atoms with E-state index in [2.05, 4.69) is 28.2 Å². The summed E-state index contributed by atoms with van der Waals surface area (Å²) < 4.78 is 25.9. The fourth-order valence-electron chi connectivity index (χ4n) is 3.53. The minimum Gasteiger partial charge on any atom is -0.367 e. The molecule has 0 amide bonds. The Morgan fingerprint density at radius 1 is 1.11 bits per heavy atom. The number of hydrogen-bond donors (Lipinski definition) is 1. The molecule has 1 unspecified atom stereocenters. The van der Waals surface area contributed by atoms with Gasteiger partial charge in [-0.05, 0) is 38.1 Å². The molecule has 0 spiro atoms. The second kappa shape index (κ2) is 6.94. The zero-order valence-corrected chi connectivity index (χ0v) is 16.3. The highest BCUT2D eigenvalue weighted by molar-refractivity contribution is 7.91. The van der Waals surface area contributed by atoms with Gasteiger partial charge in [0.1, 0.15) is 0 Å². The van der Waals surface area contributed by atoms with Crippen LogP contribution in [0.3, 0.4) is 0 Å². The summed E-state index contributed by atoms with van der Waals surface area (Å²) >= 11 is 0. The number of benzene rings is 2. The topological polar surface area (TPSA) is 62.3 Å². The van der Waals surface area contributed by atoms with E-state index >= 15 is 0 Å². The van der Waals surface area contributed by atoms with Crippen molar-refractivity contribution in [3.05, 3.63) is 60.3 Å². The number of anilines is 1. The van der Waals surface area contributed by atoms with E-state index in [1.165, 1.54) is 6.20 Å². The van der Waals surface area contributed by atoms with Crippen LogP contribution in [0.2, 0.25) is 0 Å². The minimum absolute atomic E-state index is 0.227. The zero-order chi connectivity index (χ0) is 19.0. The molecule has 0 aliphatic carbocycles. The highest BCUT2D eigenvalue weighted by Gasteiger charge is 2.21. The summed E-state index contributed by atoms with van der Waals surface area (Å²) in [6.45, 7) is 6.85. The first kappa shape index (κ1) is 17.9. The van der Waals surface area contributed by atoms with E-state index < -0.39 is 9.84 Å². The smallest absolute Gasteiger partial charge is 0.208 e. The van der Waals surface area contributed by atoms with Gasteiger partial charge in [0.05, 0.1) is 21.0 Å². The molecule has 140 valence electrons. The van der Waals surface area contributed by atoms with Gasteiger partial charge in [-0.2, -0.15) is 0 Å². The molecule has 3 aromatic rings. The van der Waals surface area contributed by atoms with E-state index in [1.807, 2.05) is 31.2 Å². The lowest BCUT2D eigenvalue weighted by molar-refractivity contribution is 0.485. The Balaban J connectivity index is 1.76. The second-order valence-electron chi connectivity index (χ2n) is 7.14. The van der Waals surface area contributed by atoms with Crippen molar-refractivity contribution in [3.8, 4) is 0 Å². The van der Waals surface area contributed by atoms with Gasteiger partial charge in [-0.1, -0.05) is 29.8 Å². The number of hydrogen-bond acceptors (Lipinski definition) is 5.